The molecule has 2 amide bonds. The smallest absolute Gasteiger partial charge is 0.273 e. The number of rotatable bonds is 10. The van der Waals surface area contributed by atoms with E-state index in [4.69, 9.17) is 0 Å². The summed E-state index contributed by atoms with van der Waals surface area (Å²) in [5.41, 5.74) is 3.53. The highest BCUT2D eigenvalue weighted by atomic mass is 16.2. The summed E-state index contributed by atoms with van der Waals surface area (Å²) in [6.45, 7) is 4.85. The van der Waals surface area contributed by atoms with E-state index in [1.54, 1.807) is 12.1 Å². The summed E-state index contributed by atoms with van der Waals surface area (Å²) in [5.74, 6) is -0.404. The van der Waals surface area contributed by atoms with Crippen molar-refractivity contribution < 1.29 is 9.59 Å². The molecule has 1 aromatic rings. The van der Waals surface area contributed by atoms with Gasteiger partial charge in [0.05, 0.1) is 0 Å². The average Bonchev–Trinajstić information content (AvgIpc) is 2.56. The van der Waals surface area contributed by atoms with Crippen molar-refractivity contribution in [1.29, 1.82) is 0 Å². The van der Waals surface area contributed by atoms with Crippen LogP contribution in [-0.4, -0.2) is 23.4 Å². The van der Waals surface area contributed by atoms with Crippen molar-refractivity contribution in [3.8, 4) is 0 Å². The van der Waals surface area contributed by atoms with Gasteiger partial charge in [-0.15, -0.1) is 0 Å². The Morgan fingerprint density at radius 1 is 0.955 bits per heavy atom. The summed E-state index contributed by atoms with van der Waals surface area (Å²) < 4.78 is 0. The molecule has 4 heteroatoms. The number of hydrogen-bond donors (Lipinski definition) is 1. The SMILES string of the molecule is CCCCCCC(=O)N(NCCCC)C(=O)c1ccccc1. The lowest BCUT2D eigenvalue weighted by atomic mass is 10.1. The molecule has 0 spiro atoms. The van der Waals surface area contributed by atoms with Gasteiger partial charge < -0.3 is 0 Å². The van der Waals surface area contributed by atoms with Crippen molar-refractivity contribution in [2.75, 3.05) is 6.54 Å². The van der Waals surface area contributed by atoms with Crippen molar-refractivity contribution in [1.82, 2.24) is 10.4 Å². The zero-order valence-electron chi connectivity index (χ0n) is 13.8. The van der Waals surface area contributed by atoms with E-state index >= 15 is 0 Å². The van der Waals surface area contributed by atoms with Crippen molar-refractivity contribution in [2.24, 2.45) is 0 Å². The molecule has 122 valence electrons. The number of hydrogen-bond acceptors (Lipinski definition) is 3. The Hall–Kier alpha value is -1.68. The molecule has 0 fully saturated rings. The van der Waals surface area contributed by atoms with Gasteiger partial charge in [-0.2, -0.15) is 0 Å². The predicted octanol–water partition coefficient (Wildman–Crippen LogP) is 3.93. The number of carbonyl (C=O) groups excluding carboxylic acids is 2. The van der Waals surface area contributed by atoms with Gasteiger partial charge in [0.25, 0.3) is 5.91 Å². The third-order valence-corrected chi connectivity index (χ3v) is 3.52. The van der Waals surface area contributed by atoms with Crippen molar-refractivity contribution in [3.63, 3.8) is 0 Å². The number of benzene rings is 1. The highest BCUT2D eigenvalue weighted by Crippen LogP contribution is 2.08. The first kappa shape index (κ1) is 18.4. The molecule has 0 radical (unpaired) electrons. The van der Waals surface area contributed by atoms with Gasteiger partial charge in [0, 0.05) is 18.5 Å². The summed E-state index contributed by atoms with van der Waals surface area (Å²) in [4.78, 5) is 24.9. The Labute approximate surface area is 133 Å². The highest BCUT2D eigenvalue weighted by molar-refractivity contribution is 6.04. The number of amides is 2. The van der Waals surface area contributed by atoms with Crippen molar-refractivity contribution in [3.05, 3.63) is 35.9 Å². The van der Waals surface area contributed by atoms with E-state index in [-0.39, 0.29) is 11.8 Å². The zero-order valence-corrected chi connectivity index (χ0v) is 13.8. The quantitative estimate of drug-likeness (QED) is 0.526. The van der Waals surface area contributed by atoms with Crippen LogP contribution >= 0.6 is 0 Å². The maximum absolute atomic E-state index is 12.5. The molecule has 1 aromatic carbocycles. The third-order valence-electron chi connectivity index (χ3n) is 3.52. The van der Waals surface area contributed by atoms with Crippen LogP contribution in [-0.2, 0) is 4.79 Å². The second kappa shape index (κ2) is 11.0. The maximum atomic E-state index is 12.5. The minimum Gasteiger partial charge on any atom is -0.273 e. The minimum atomic E-state index is -0.266. The number of imide groups is 1. The first-order chi connectivity index (χ1) is 10.7. The lowest BCUT2D eigenvalue weighted by Gasteiger charge is -2.21. The molecule has 22 heavy (non-hydrogen) atoms. The molecule has 0 saturated carbocycles. The maximum Gasteiger partial charge on any atom is 0.275 e. The average molecular weight is 304 g/mol. The summed E-state index contributed by atoms with van der Waals surface area (Å²) in [5, 5.41) is 1.21. The van der Waals surface area contributed by atoms with Gasteiger partial charge in [0.15, 0.2) is 0 Å². The lowest BCUT2D eigenvalue weighted by molar-refractivity contribution is -0.131. The molecule has 0 aliphatic rings. The number of carbonyl (C=O) groups is 2. The largest absolute Gasteiger partial charge is 0.275 e. The molecule has 1 rings (SSSR count). The number of nitrogens with one attached hydrogen (secondary N) is 1. The van der Waals surface area contributed by atoms with Crippen LogP contribution in [0, 0.1) is 0 Å². The first-order valence-corrected chi connectivity index (χ1v) is 8.36. The van der Waals surface area contributed by atoms with Crippen LogP contribution in [0.2, 0.25) is 0 Å². The molecule has 0 aliphatic heterocycles. The molecular formula is C18H28N2O2. The van der Waals surface area contributed by atoms with E-state index in [9.17, 15) is 9.59 Å². The fourth-order valence-corrected chi connectivity index (χ4v) is 2.17. The molecule has 0 saturated heterocycles. The fourth-order valence-electron chi connectivity index (χ4n) is 2.17. The Kier molecular flexibility index (Phi) is 9.15. The summed E-state index contributed by atoms with van der Waals surface area (Å²) in [7, 11) is 0. The van der Waals surface area contributed by atoms with E-state index in [1.165, 1.54) is 5.01 Å². The van der Waals surface area contributed by atoms with E-state index in [2.05, 4.69) is 19.3 Å². The van der Waals surface area contributed by atoms with Gasteiger partial charge in [-0.25, -0.2) is 10.4 Å². The first-order valence-electron chi connectivity index (χ1n) is 8.36. The van der Waals surface area contributed by atoms with Gasteiger partial charge in [-0.05, 0) is 25.0 Å². The number of unbranched alkanes of at least 4 members (excludes halogenated alkanes) is 4. The van der Waals surface area contributed by atoms with E-state index in [0.29, 0.717) is 18.5 Å². The molecule has 0 unspecified atom stereocenters. The van der Waals surface area contributed by atoms with Crippen LogP contribution in [0.25, 0.3) is 0 Å². The highest BCUT2D eigenvalue weighted by Gasteiger charge is 2.21. The Balaban J connectivity index is 2.66. The zero-order chi connectivity index (χ0) is 16.2. The second-order valence-electron chi connectivity index (χ2n) is 5.47. The van der Waals surface area contributed by atoms with Crippen LogP contribution in [0.15, 0.2) is 30.3 Å². The predicted molar refractivity (Wildman–Crippen MR) is 89.3 cm³/mol. The Morgan fingerprint density at radius 3 is 2.27 bits per heavy atom. The van der Waals surface area contributed by atoms with E-state index in [1.807, 2.05) is 18.2 Å². The third kappa shape index (κ3) is 6.39. The van der Waals surface area contributed by atoms with Crippen LogP contribution < -0.4 is 5.43 Å². The minimum absolute atomic E-state index is 0.138. The van der Waals surface area contributed by atoms with Gasteiger partial charge in [-0.1, -0.05) is 57.7 Å². The summed E-state index contributed by atoms with van der Waals surface area (Å²) in [6, 6.07) is 8.95. The molecule has 1 N–H and O–H groups in total. The Morgan fingerprint density at radius 2 is 1.64 bits per heavy atom. The van der Waals surface area contributed by atoms with Gasteiger partial charge in [0.1, 0.15) is 0 Å². The Bertz CT molecular complexity index is 446. The van der Waals surface area contributed by atoms with Crippen molar-refractivity contribution in [2.45, 2.75) is 58.8 Å². The molecule has 0 heterocycles. The van der Waals surface area contributed by atoms with Gasteiger partial charge in [0.2, 0.25) is 5.91 Å². The number of hydrazine groups is 1. The van der Waals surface area contributed by atoms with E-state index < -0.39 is 0 Å². The van der Waals surface area contributed by atoms with Crippen molar-refractivity contribution >= 4 is 11.8 Å². The summed E-state index contributed by atoms with van der Waals surface area (Å²) in [6.07, 6.45) is 6.49. The molecule has 0 aromatic heterocycles. The van der Waals surface area contributed by atoms with E-state index in [0.717, 1.165) is 38.5 Å². The molecular weight excluding hydrogens is 276 g/mol. The van der Waals surface area contributed by atoms with Gasteiger partial charge in [-0.3, -0.25) is 9.59 Å². The topological polar surface area (TPSA) is 49.4 Å². The van der Waals surface area contributed by atoms with Crippen LogP contribution in [0.4, 0.5) is 0 Å². The lowest BCUT2D eigenvalue weighted by Crippen LogP contribution is -2.47. The van der Waals surface area contributed by atoms with Crippen LogP contribution in [0.3, 0.4) is 0 Å². The van der Waals surface area contributed by atoms with Crippen LogP contribution in [0.1, 0.15) is 69.2 Å². The molecule has 0 bridgehead atoms. The number of nitrogens with zero attached hydrogens (tertiary/aromatic N) is 1. The fraction of sp³-hybridized carbons (Fsp3) is 0.556. The normalized spacial score (nSPS) is 10.5. The summed E-state index contributed by atoms with van der Waals surface area (Å²) >= 11 is 0. The van der Waals surface area contributed by atoms with Crippen LogP contribution in [0.5, 0.6) is 0 Å². The second-order valence-corrected chi connectivity index (χ2v) is 5.47. The monoisotopic (exact) mass is 304 g/mol. The molecule has 0 aliphatic carbocycles. The molecule has 4 nitrogen and oxygen atoms in total. The van der Waals surface area contributed by atoms with Gasteiger partial charge >= 0.3 is 0 Å². The standard InChI is InChI=1S/C18H28N2O2/c1-3-5-7-11-14-17(21)20(19-15-6-4-2)18(22)16-12-9-8-10-13-16/h8-10,12-13,19H,3-7,11,14-15H2,1-2H3. The molecule has 0 atom stereocenters.